The lowest BCUT2D eigenvalue weighted by Gasteiger charge is -2.07. The first-order chi connectivity index (χ1) is 8.99. The van der Waals surface area contributed by atoms with Gasteiger partial charge in [-0.25, -0.2) is 4.68 Å². The number of anilines is 1. The summed E-state index contributed by atoms with van der Waals surface area (Å²) in [5.74, 6) is 0.558. The van der Waals surface area contributed by atoms with Crippen molar-refractivity contribution in [1.29, 1.82) is 0 Å². The standard InChI is InChI=1S/C13H16N4O2/c1-9(2)11-5-3-10(4-6-11)8-16-13(14)12(7-15-16)17(18)19/h3-7,9H,8,14H2,1-2H3. The van der Waals surface area contributed by atoms with Crippen molar-refractivity contribution < 1.29 is 4.92 Å². The number of aromatic nitrogens is 2. The SMILES string of the molecule is CC(C)c1ccc(Cn2ncc([N+](=O)[O-])c2N)cc1. The minimum Gasteiger partial charge on any atom is -0.378 e. The topological polar surface area (TPSA) is 87.0 Å². The average molecular weight is 260 g/mol. The average Bonchev–Trinajstić information content (AvgIpc) is 2.72. The van der Waals surface area contributed by atoms with E-state index in [1.807, 2.05) is 24.3 Å². The maximum absolute atomic E-state index is 10.7. The van der Waals surface area contributed by atoms with Crippen LogP contribution < -0.4 is 5.73 Å². The Balaban J connectivity index is 2.19. The van der Waals surface area contributed by atoms with Crippen molar-refractivity contribution >= 4 is 11.5 Å². The Hall–Kier alpha value is -2.37. The first kappa shape index (κ1) is 13.1. The van der Waals surface area contributed by atoms with E-state index >= 15 is 0 Å². The van der Waals surface area contributed by atoms with E-state index in [1.54, 1.807) is 0 Å². The summed E-state index contributed by atoms with van der Waals surface area (Å²) in [7, 11) is 0. The number of rotatable bonds is 4. The normalized spacial score (nSPS) is 10.9. The molecule has 100 valence electrons. The van der Waals surface area contributed by atoms with Crippen LogP contribution in [0, 0.1) is 10.1 Å². The summed E-state index contributed by atoms with van der Waals surface area (Å²) in [5.41, 5.74) is 7.80. The van der Waals surface area contributed by atoms with Gasteiger partial charge >= 0.3 is 5.69 Å². The van der Waals surface area contributed by atoms with Crippen LogP contribution in [0.1, 0.15) is 30.9 Å². The molecule has 0 bridgehead atoms. The van der Waals surface area contributed by atoms with Crippen molar-refractivity contribution in [3.05, 3.63) is 51.7 Å². The summed E-state index contributed by atoms with van der Waals surface area (Å²) in [5, 5.41) is 14.6. The molecule has 0 amide bonds. The van der Waals surface area contributed by atoms with Crippen LogP contribution >= 0.6 is 0 Å². The summed E-state index contributed by atoms with van der Waals surface area (Å²) in [6.07, 6.45) is 1.18. The van der Waals surface area contributed by atoms with E-state index in [-0.39, 0.29) is 11.5 Å². The van der Waals surface area contributed by atoms with Gasteiger partial charge in [0.1, 0.15) is 6.20 Å². The Morgan fingerprint density at radius 1 is 1.37 bits per heavy atom. The predicted molar refractivity (Wildman–Crippen MR) is 72.9 cm³/mol. The Morgan fingerprint density at radius 2 is 2.00 bits per heavy atom. The molecular formula is C13H16N4O2. The quantitative estimate of drug-likeness (QED) is 0.676. The van der Waals surface area contributed by atoms with E-state index in [1.165, 1.54) is 16.4 Å². The van der Waals surface area contributed by atoms with Crippen molar-refractivity contribution in [3.8, 4) is 0 Å². The first-order valence-electron chi connectivity index (χ1n) is 6.03. The Morgan fingerprint density at radius 3 is 2.47 bits per heavy atom. The maximum atomic E-state index is 10.7. The molecule has 0 aliphatic carbocycles. The molecule has 6 heteroatoms. The van der Waals surface area contributed by atoms with Crippen molar-refractivity contribution in [2.45, 2.75) is 26.3 Å². The minimum atomic E-state index is -0.527. The highest BCUT2D eigenvalue weighted by Crippen LogP contribution is 2.21. The second-order valence-electron chi connectivity index (χ2n) is 4.73. The molecule has 1 aromatic carbocycles. The molecular weight excluding hydrogens is 244 g/mol. The van der Waals surface area contributed by atoms with Crippen LogP contribution in [-0.4, -0.2) is 14.7 Å². The minimum absolute atomic E-state index is 0.0814. The molecule has 19 heavy (non-hydrogen) atoms. The number of hydrogen-bond acceptors (Lipinski definition) is 4. The van der Waals surface area contributed by atoms with Crippen LogP contribution in [0.5, 0.6) is 0 Å². The van der Waals surface area contributed by atoms with Gasteiger partial charge in [0.2, 0.25) is 5.82 Å². The molecule has 0 saturated heterocycles. The Bertz CT molecular complexity index is 587. The van der Waals surface area contributed by atoms with Gasteiger partial charge in [-0.1, -0.05) is 38.1 Å². The molecule has 2 aromatic rings. The third kappa shape index (κ3) is 2.73. The summed E-state index contributed by atoms with van der Waals surface area (Å²) in [6.45, 7) is 4.69. The lowest BCUT2D eigenvalue weighted by Crippen LogP contribution is -2.06. The third-order valence-corrected chi connectivity index (χ3v) is 3.04. The van der Waals surface area contributed by atoms with Crippen LogP contribution in [-0.2, 0) is 6.54 Å². The zero-order valence-electron chi connectivity index (χ0n) is 10.9. The first-order valence-corrected chi connectivity index (χ1v) is 6.03. The van der Waals surface area contributed by atoms with Crippen LogP contribution in [0.2, 0.25) is 0 Å². The van der Waals surface area contributed by atoms with Gasteiger partial charge in [-0.3, -0.25) is 10.1 Å². The summed E-state index contributed by atoms with van der Waals surface area (Å²) in [6, 6.07) is 8.08. The van der Waals surface area contributed by atoms with Crippen molar-refractivity contribution in [2.75, 3.05) is 5.73 Å². The number of nitrogen functional groups attached to an aromatic ring is 1. The monoisotopic (exact) mass is 260 g/mol. The van der Waals surface area contributed by atoms with Crippen molar-refractivity contribution in [1.82, 2.24) is 9.78 Å². The third-order valence-electron chi connectivity index (χ3n) is 3.04. The van der Waals surface area contributed by atoms with Crippen LogP contribution in [0.15, 0.2) is 30.5 Å². The van der Waals surface area contributed by atoms with Crippen LogP contribution in [0.4, 0.5) is 11.5 Å². The van der Waals surface area contributed by atoms with E-state index < -0.39 is 4.92 Å². The number of hydrogen-bond donors (Lipinski definition) is 1. The number of nitrogens with two attached hydrogens (primary N) is 1. The smallest absolute Gasteiger partial charge is 0.330 e. The highest BCUT2D eigenvalue weighted by Gasteiger charge is 2.17. The van der Waals surface area contributed by atoms with Gasteiger partial charge < -0.3 is 5.73 Å². The largest absolute Gasteiger partial charge is 0.378 e. The second kappa shape index (κ2) is 5.09. The van der Waals surface area contributed by atoms with E-state index in [0.29, 0.717) is 12.5 Å². The highest BCUT2D eigenvalue weighted by atomic mass is 16.6. The predicted octanol–water partition coefficient (Wildman–Crippen LogP) is 2.55. The fourth-order valence-corrected chi connectivity index (χ4v) is 1.83. The zero-order chi connectivity index (χ0) is 14.0. The molecule has 1 aromatic heterocycles. The molecule has 0 aliphatic heterocycles. The van der Waals surface area contributed by atoms with Gasteiger partial charge in [-0.05, 0) is 17.0 Å². The zero-order valence-corrected chi connectivity index (χ0v) is 10.9. The van der Waals surface area contributed by atoms with Gasteiger partial charge in [-0.2, -0.15) is 5.10 Å². The molecule has 2 N–H and O–H groups in total. The Kier molecular flexibility index (Phi) is 3.50. The summed E-state index contributed by atoms with van der Waals surface area (Å²) in [4.78, 5) is 10.2. The van der Waals surface area contributed by atoms with Gasteiger partial charge in [-0.15, -0.1) is 0 Å². The fraction of sp³-hybridized carbons (Fsp3) is 0.308. The molecule has 1 heterocycles. The fourth-order valence-electron chi connectivity index (χ4n) is 1.83. The molecule has 0 atom stereocenters. The molecule has 0 unspecified atom stereocenters. The number of nitro groups is 1. The van der Waals surface area contributed by atoms with E-state index in [9.17, 15) is 10.1 Å². The molecule has 0 aliphatic rings. The van der Waals surface area contributed by atoms with Gasteiger partial charge in [0.25, 0.3) is 0 Å². The Labute approximate surface area is 111 Å². The van der Waals surface area contributed by atoms with Gasteiger partial charge in [0.05, 0.1) is 11.5 Å². The van der Waals surface area contributed by atoms with Gasteiger partial charge in [0.15, 0.2) is 0 Å². The van der Waals surface area contributed by atoms with E-state index in [2.05, 4.69) is 18.9 Å². The number of benzene rings is 1. The van der Waals surface area contributed by atoms with Crippen LogP contribution in [0.25, 0.3) is 0 Å². The molecule has 0 radical (unpaired) electrons. The second-order valence-corrected chi connectivity index (χ2v) is 4.73. The van der Waals surface area contributed by atoms with E-state index in [0.717, 1.165) is 5.56 Å². The van der Waals surface area contributed by atoms with Crippen molar-refractivity contribution in [3.63, 3.8) is 0 Å². The maximum Gasteiger partial charge on any atom is 0.330 e. The lowest BCUT2D eigenvalue weighted by molar-refractivity contribution is -0.384. The summed E-state index contributed by atoms with van der Waals surface area (Å²) >= 11 is 0. The van der Waals surface area contributed by atoms with Crippen LogP contribution in [0.3, 0.4) is 0 Å². The lowest BCUT2D eigenvalue weighted by atomic mass is 10.0. The molecule has 2 rings (SSSR count). The summed E-state index contributed by atoms with van der Waals surface area (Å²) < 4.78 is 1.43. The van der Waals surface area contributed by atoms with Gasteiger partial charge in [0, 0.05) is 0 Å². The van der Waals surface area contributed by atoms with E-state index in [4.69, 9.17) is 5.73 Å². The highest BCUT2D eigenvalue weighted by molar-refractivity contribution is 5.51. The molecule has 0 saturated carbocycles. The molecule has 6 nitrogen and oxygen atoms in total. The molecule has 0 spiro atoms. The molecule has 0 fully saturated rings. The number of nitrogens with zero attached hydrogens (tertiary/aromatic N) is 3. The van der Waals surface area contributed by atoms with Crippen molar-refractivity contribution in [2.24, 2.45) is 0 Å².